The molecule has 0 fully saturated rings. The molecule has 106 valence electrons. The Hall–Kier alpha value is -0.370. The van der Waals surface area contributed by atoms with Crippen molar-refractivity contribution in [1.29, 1.82) is 0 Å². The second-order valence-corrected chi connectivity index (χ2v) is 4.51. The number of alkyl halides is 3. The van der Waals surface area contributed by atoms with Crippen molar-refractivity contribution < 1.29 is 18.3 Å². The highest BCUT2D eigenvalue weighted by Gasteiger charge is 2.35. The van der Waals surface area contributed by atoms with Crippen molar-refractivity contribution in [2.75, 3.05) is 13.1 Å². The number of aliphatic hydroxyl groups excluding tert-OH is 1. The van der Waals surface area contributed by atoms with Crippen molar-refractivity contribution in [2.24, 2.45) is 0 Å². The molecule has 0 aliphatic heterocycles. The van der Waals surface area contributed by atoms with Crippen LogP contribution < -0.4 is 5.32 Å². The van der Waals surface area contributed by atoms with Crippen molar-refractivity contribution in [2.45, 2.75) is 32.0 Å². The first-order valence-electron chi connectivity index (χ1n) is 5.36. The van der Waals surface area contributed by atoms with Gasteiger partial charge in [-0.2, -0.15) is 13.2 Å². The molecule has 1 aromatic rings. The standard InChI is InChI=1S/C10H15F3N2OS.ClH/c1-2-3-4-14-5-8(16)7-6-17-9(15-7)10(11,12)13;/h6,8,14,16H,2-5H2,1H3;1H. The molecule has 2 N–H and O–H groups in total. The van der Waals surface area contributed by atoms with Crippen LogP contribution in [0.15, 0.2) is 5.38 Å². The van der Waals surface area contributed by atoms with E-state index >= 15 is 0 Å². The molecule has 1 rings (SSSR count). The Kier molecular flexibility index (Phi) is 7.77. The van der Waals surface area contributed by atoms with Crippen LogP contribution in [-0.4, -0.2) is 23.2 Å². The highest BCUT2D eigenvalue weighted by Crippen LogP contribution is 2.32. The summed E-state index contributed by atoms with van der Waals surface area (Å²) >= 11 is 0.505. The van der Waals surface area contributed by atoms with Crippen LogP contribution in [-0.2, 0) is 6.18 Å². The number of hydrogen-bond acceptors (Lipinski definition) is 4. The quantitative estimate of drug-likeness (QED) is 0.794. The van der Waals surface area contributed by atoms with Gasteiger partial charge >= 0.3 is 6.18 Å². The van der Waals surface area contributed by atoms with Crippen LogP contribution in [0.3, 0.4) is 0 Å². The number of nitrogens with zero attached hydrogens (tertiary/aromatic N) is 1. The first-order valence-corrected chi connectivity index (χ1v) is 6.24. The van der Waals surface area contributed by atoms with E-state index in [1.807, 2.05) is 6.92 Å². The van der Waals surface area contributed by atoms with Gasteiger partial charge in [0.25, 0.3) is 0 Å². The van der Waals surface area contributed by atoms with E-state index in [0.717, 1.165) is 19.4 Å². The number of unbranched alkanes of at least 4 members (excludes halogenated alkanes) is 1. The average Bonchev–Trinajstić information content (AvgIpc) is 2.72. The highest BCUT2D eigenvalue weighted by atomic mass is 35.5. The average molecular weight is 305 g/mol. The molecule has 3 nitrogen and oxygen atoms in total. The Balaban J connectivity index is 0.00000289. The Labute approximate surface area is 114 Å². The fourth-order valence-corrected chi connectivity index (χ4v) is 1.95. The topological polar surface area (TPSA) is 45.1 Å². The van der Waals surface area contributed by atoms with E-state index in [0.29, 0.717) is 11.3 Å². The predicted molar refractivity (Wildman–Crippen MR) is 67.1 cm³/mol. The number of rotatable bonds is 6. The molecule has 18 heavy (non-hydrogen) atoms. The van der Waals surface area contributed by atoms with Crippen molar-refractivity contribution in [3.05, 3.63) is 16.1 Å². The Morgan fingerprint density at radius 2 is 2.17 bits per heavy atom. The molecule has 0 saturated heterocycles. The molecule has 0 radical (unpaired) electrons. The molecule has 0 bridgehead atoms. The zero-order valence-electron chi connectivity index (χ0n) is 9.83. The number of nitrogens with one attached hydrogen (secondary N) is 1. The number of hydrogen-bond donors (Lipinski definition) is 2. The van der Waals surface area contributed by atoms with Crippen LogP contribution in [0.5, 0.6) is 0 Å². The van der Waals surface area contributed by atoms with Crippen LogP contribution in [0.1, 0.15) is 36.6 Å². The Morgan fingerprint density at radius 3 is 2.67 bits per heavy atom. The lowest BCUT2D eigenvalue weighted by atomic mass is 10.2. The summed E-state index contributed by atoms with van der Waals surface area (Å²) in [4.78, 5) is 3.38. The van der Waals surface area contributed by atoms with Gasteiger partial charge in [0.1, 0.15) is 6.10 Å². The summed E-state index contributed by atoms with van der Waals surface area (Å²) in [6.45, 7) is 3.00. The summed E-state index contributed by atoms with van der Waals surface area (Å²) in [6, 6.07) is 0. The third kappa shape index (κ3) is 5.51. The largest absolute Gasteiger partial charge is 0.443 e. The third-order valence-electron chi connectivity index (χ3n) is 2.15. The van der Waals surface area contributed by atoms with Crippen LogP contribution >= 0.6 is 23.7 Å². The molecule has 8 heteroatoms. The third-order valence-corrected chi connectivity index (χ3v) is 3.06. The van der Waals surface area contributed by atoms with E-state index in [4.69, 9.17) is 0 Å². The number of aliphatic hydroxyl groups is 1. The fraction of sp³-hybridized carbons (Fsp3) is 0.700. The SMILES string of the molecule is CCCCNCC(O)c1csc(C(F)(F)F)n1.Cl. The summed E-state index contributed by atoms with van der Waals surface area (Å²) in [5.74, 6) is 0. The predicted octanol–water partition coefficient (Wildman–Crippen LogP) is 3.01. The first kappa shape index (κ1) is 17.6. The van der Waals surface area contributed by atoms with Gasteiger partial charge in [-0.3, -0.25) is 0 Å². The monoisotopic (exact) mass is 304 g/mol. The summed E-state index contributed by atoms with van der Waals surface area (Å²) in [5, 5.41) is 12.9. The van der Waals surface area contributed by atoms with Gasteiger partial charge in [0.05, 0.1) is 5.69 Å². The normalized spacial score (nSPS) is 13.2. The lowest BCUT2D eigenvalue weighted by molar-refractivity contribution is -0.137. The van der Waals surface area contributed by atoms with Gasteiger partial charge in [-0.05, 0) is 13.0 Å². The van der Waals surface area contributed by atoms with Gasteiger partial charge in [-0.15, -0.1) is 23.7 Å². The van der Waals surface area contributed by atoms with Gasteiger partial charge in [-0.25, -0.2) is 4.98 Å². The molecule has 0 aromatic carbocycles. The summed E-state index contributed by atoms with van der Waals surface area (Å²) in [6.07, 6.45) is -3.42. The Morgan fingerprint density at radius 1 is 1.50 bits per heavy atom. The molecule has 1 unspecified atom stereocenters. The molecular weight excluding hydrogens is 289 g/mol. The number of thiazole rings is 1. The van der Waals surface area contributed by atoms with Gasteiger partial charge < -0.3 is 10.4 Å². The molecule has 0 aliphatic carbocycles. The molecular formula is C10H16ClF3N2OS. The maximum absolute atomic E-state index is 12.3. The molecule has 0 aliphatic rings. The smallest absolute Gasteiger partial charge is 0.385 e. The van der Waals surface area contributed by atoms with Gasteiger partial charge in [-0.1, -0.05) is 13.3 Å². The minimum atomic E-state index is -4.43. The summed E-state index contributed by atoms with van der Waals surface area (Å²) in [7, 11) is 0. The van der Waals surface area contributed by atoms with Crippen LogP contribution in [0.2, 0.25) is 0 Å². The van der Waals surface area contributed by atoms with E-state index in [-0.39, 0.29) is 24.6 Å². The van der Waals surface area contributed by atoms with E-state index in [2.05, 4.69) is 10.3 Å². The van der Waals surface area contributed by atoms with E-state index in [1.54, 1.807) is 0 Å². The summed E-state index contributed by atoms with van der Waals surface area (Å²) < 4.78 is 36.8. The highest BCUT2D eigenvalue weighted by molar-refractivity contribution is 7.09. The van der Waals surface area contributed by atoms with Crippen LogP contribution in [0.25, 0.3) is 0 Å². The molecule has 0 spiro atoms. The van der Waals surface area contributed by atoms with Gasteiger partial charge in [0.15, 0.2) is 5.01 Å². The molecule has 0 saturated carbocycles. The zero-order valence-corrected chi connectivity index (χ0v) is 11.5. The second kappa shape index (κ2) is 7.93. The van der Waals surface area contributed by atoms with E-state index in [9.17, 15) is 18.3 Å². The minimum Gasteiger partial charge on any atom is -0.385 e. The Bertz CT molecular complexity index is 346. The number of halogens is 4. The first-order chi connectivity index (χ1) is 7.95. The van der Waals surface area contributed by atoms with Crippen molar-refractivity contribution in [3.8, 4) is 0 Å². The van der Waals surface area contributed by atoms with Crippen molar-refractivity contribution >= 4 is 23.7 Å². The van der Waals surface area contributed by atoms with E-state index in [1.165, 1.54) is 5.38 Å². The van der Waals surface area contributed by atoms with Gasteiger partial charge in [0.2, 0.25) is 0 Å². The fourth-order valence-electron chi connectivity index (χ4n) is 1.21. The minimum absolute atomic E-state index is 0. The lowest BCUT2D eigenvalue weighted by Crippen LogP contribution is -2.22. The number of aromatic nitrogens is 1. The van der Waals surface area contributed by atoms with Crippen molar-refractivity contribution in [1.82, 2.24) is 10.3 Å². The molecule has 1 heterocycles. The summed E-state index contributed by atoms with van der Waals surface area (Å²) in [5.41, 5.74) is 0.0753. The molecule has 1 aromatic heterocycles. The molecule has 0 amide bonds. The van der Waals surface area contributed by atoms with Crippen LogP contribution in [0, 0.1) is 0 Å². The molecule has 1 atom stereocenters. The van der Waals surface area contributed by atoms with Gasteiger partial charge in [0, 0.05) is 11.9 Å². The van der Waals surface area contributed by atoms with Crippen LogP contribution in [0.4, 0.5) is 13.2 Å². The zero-order chi connectivity index (χ0) is 12.9. The lowest BCUT2D eigenvalue weighted by Gasteiger charge is -2.09. The maximum Gasteiger partial charge on any atom is 0.443 e. The van der Waals surface area contributed by atoms with E-state index < -0.39 is 17.3 Å². The maximum atomic E-state index is 12.3. The second-order valence-electron chi connectivity index (χ2n) is 3.65. The van der Waals surface area contributed by atoms with Crippen molar-refractivity contribution in [3.63, 3.8) is 0 Å².